The standard InChI is InChI=1S/C4H11N.ClH.Cu/c1-4(2,3)5;;/h5H2,1-3H3;1H;/q;;+1/p-1. The maximum absolute atomic E-state index is 5.35. The predicted octanol–water partition coefficient (Wildman–Crippen LogP) is -2.25. The van der Waals surface area contributed by atoms with E-state index in [1.807, 2.05) is 20.8 Å². The first-order valence-electron chi connectivity index (χ1n) is 1.79. The van der Waals surface area contributed by atoms with Gasteiger partial charge >= 0.3 is 17.1 Å². The Morgan fingerprint density at radius 3 is 1.14 bits per heavy atom. The van der Waals surface area contributed by atoms with Crippen LogP contribution in [-0.4, -0.2) is 5.54 Å². The summed E-state index contributed by atoms with van der Waals surface area (Å²) in [4.78, 5) is 0. The smallest absolute Gasteiger partial charge is 1.00 e. The van der Waals surface area contributed by atoms with Crippen LogP contribution in [0.5, 0.6) is 0 Å². The summed E-state index contributed by atoms with van der Waals surface area (Å²) in [5.74, 6) is 0. The van der Waals surface area contributed by atoms with Gasteiger partial charge in [-0.05, 0) is 20.8 Å². The minimum absolute atomic E-state index is 0. The molecule has 0 atom stereocenters. The van der Waals surface area contributed by atoms with Crippen LogP contribution in [0.1, 0.15) is 20.8 Å². The summed E-state index contributed by atoms with van der Waals surface area (Å²) in [5, 5.41) is 0. The SMILES string of the molecule is CC(C)(C)N.[Cl-].[Cu+]. The van der Waals surface area contributed by atoms with Gasteiger partial charge in [0.2, 0.25) is 0 Å². The van der Waals surface area contributed by atoms with Crippen LogP contribution in [-0.2, 0) is 17.1 Å². The molecule has 3 heteroatoms. The molecule has 0 radical (unpaired) electrons. The molecule has 7 heavy (non-hydrogen) atoms. The average Bonchev–Trinajstić information content (AvgIpc) is 0.722. The van der Waals surface area contributed by atoms with E-state index in [0.29, 0.717) is 0 Å². The number of hydrogen-bond donors (Lipinski definition) is 1. The van der Waals surface area contributed by atoms with Gasteiger partial charge in [0.15, 0.2) is 0 Å². The van der Waals surface area contributed by atoms with Crippen LogP contribution in [0.15, 0.2) is 0 Å². The fraction of sp³-hybridized carbons (Fsp3) is 1.00. The zero-order valence-corrected chi connectivity index (χ0v) is 6.45. The van der Waals surface area contributed by atoms with Crippen LogP contribution in [0.4, 0.5) is 0 Å². The van der Waals surface area contributed by atoms with Crippen molar-refractivity contribution in [3.63, 3.8) is 0 Å². The van der Waals surface area contributed by atoms with E-state index in [1.54, 1.807) is 0 Å². The van der Waals surface area contributed by atoms with E-state index < -0.39 is 0 Å². The molecule has 0 aliphatic rings. The molecule has 0 bridgehead atoms. The minimum atomic E-state index is 0. The Bertz CT molecular complexity index is 27.2. The summed E-state index contributed by atoms with van der Waals surface area (Å²) in [6.45, 7) is 5.90. The van der Waals surface area contributed by atoms with Gasteiger partial charge in [0, 0.05) is 5.54 Å². The van der Waals surface area contributed by atoms with Crippen LogP contribution in [0.3, 0.4) is 0 Å². The molecule has 0 unspecified atom stereocenters. The Balaban J connectivity index is -0.0000000800. The topological polar surface area (TPSA) is 26.0 Å². The molecule has 0 aliphatic carbocycles. The predicted molar refractivity (Wildman–Crippen MR) is 23.9 cm³/mol. The quantitative estimate of drug-likeness (QED) is 0.410. The molecular formula is C4H11ClCuN. The van der Waals surface area contributed by atoms with Crippen molar-refractivity contribution >= 4 is 0 Å². The number of nitrogens with two attached hydrogens (primary N) is 1. The molecule has 0 saturated heterocycles. The van der Waals surface area contributed by atoms with Crippen molar-refractivity contribution in [3.05, 3.63) is 0 Å². The summed E-state index contributed by atoms with van der Waals surface area (Å²) in [6.07, 6.45) is 0. The van der Waals surface area contributed by atoms with Crippen molar-refractivity contribution in [1.82, 2.24) is 0 Å². The maximum atomic E-state index is 5.35. The summed E-state index contributed by atoms with van der Waals surface area (Å²) in [7, 11) is 0. The minimum Gasteiger partial charge on any atom is -1.00 e. The van der Waals surface area contributed by atoms with Gasteiger partial charge in [0.1, 0.15) is 0 Å². The summed E-state index contributed by atoms with van der Waals surface area (Å²) in [5.41, 5.74) is 5.35. The van der Waals surface area contributed by atoms with Crippen molar-refractivity contribution in [2.24, 2.45) is 5.73 Å². The first-order chi connectivity index (χ1) is 2.00. The van der Waals surface area contributed by atoms with Gasteiger partial charge < -0.3 is 18.1 Å². The second-order valence-corrected chi connectivity index (χ2v) is 2.37. The molecule has 0 aromatic rings. The van der Waals surface area contributed by atoms with E-state index in [2.05, 4.69) is 0 Å². The van der Waals surface area contributed by atoms with E-state index in [1.165, 1.54) is 0 Å². The fourth-order valence-corrected chi connectivity index (χ4v) is 0. The number of halogens is 1. The Labute approximate surface area is 61.9 Å². The van der Waals surface area contributed by atoms with E-state index in [9.17, 15) is 0 Å². The van der Waals surface area contributed by atoms with Gasteiger partial charge in [-0.2, -0.15) is 0 Å². The van der Waals surface area contributed by atoms with Crippen molar-refractivity contribution in [2.75, 3.05) is 0 Å². The molecule has 0 aromatic carbocycles. The molecule has 0 aliphatic heterocycles. The van der Waals surface area contributed by atoms with Gasteiger partial charge in [-0.3, -0.25) is 0 Å². The molecule has 0 aromatic heterocycles. The third kappa shape index (κ3) is 260. The zero-order chi connectivity index (χ0) is 4.50. The Morgan fingerprint density at radius 1 is 1.14 bits per heavy atom. The van der Waals surface area contributed by atoms with Crippen molar-refractivity contribution in [2.45, 2.75) is 26.3 Å². The molecule has 0 rings (SSSR count). The third-order valence-corrected chi connectivity index (χ3v) is 0. The van der Waals surface area contributed by atoms with Gasteiger partial charge in [-0.25, -0.2) is 0 Å². The van der Waals surface area contributed by atoms with E-state index in [-0.39, 0.29) is 35.0 Å². The van der Waals surface area contributed by atoms with Gasteiger partial charge in [0.05, 0.1) is 0 Å². The number of rotatable bonds is 0. The Hall–Kier alpha value is 0.769. The summed E-state index contributed by atoms with van der Waals surface area (Å²) < 4.78 is 0. The van der Waals surface area contributed by atoms with E-state index in [4.69, 9.17) is 5.73 Å². The second-order valence-electron chi connectivity index (χ2n) is 2.37. The normalized spacial score (nSPS) is 8.57. The third-order valence-electron chi connectivity index (χ3n) is 0. The molecular weight excluding hydrogens is 161 g/mol. The van der Waals surface area contributed by atoms with Crippen LogP contribution in [0.2, 0.25) is 0 Å². The largest absolute Gasteiger partial charge is 1.00 e. The summed E-state index contributed by atoms with van der Waals surface area (Å²) >= 11 is 0. The van der Waals surface area contributed by atoms with Crippen molar-refractivity contribution in [3.8, 4) is 0 Å². The molecule has 0 heterocycles. The number of hydrogen-bond acceptors (Lipinski definition) is 1. The van der Waals surface area contributed by atoms with Crippen molar-refractivity contribution in [1.29, 1.82) is 0 Å². The van der Waals surface area contributed by atoms with E-state index >= 15 is 0 Å². The van der Waals surface area contributed by atoms with Gasteiger partial charge in [-0.1, -0.05) is 0 Å². The molecule has 0 saturated carbocycles. The molecule has 0 fully saturated rings. The van der Waals surface area contributed by atoms with Gasteiger partial charge in [0.25, 0.3) is 0 Å². The van der Waals surface area contributed by atoms with Crippen molar-refractivity contribution < 1.29 is 29.5 Å². The molecule has 0 spiro atoms. The van der Waals surface area contributed by atoms with Crippen LogP contribution in [0, 0.1) is 0 Å². The fourth-order valence-electron chi connectivity index (χ4n) is 0. The first kappa shape index (κ1) is 15.7. The van der Waals surface area contributed by atoms with E-state index in [0.717, 1.165) is 0 Å². The Morgan fingerprint density at radius 2 is 1.14 bits per heavy atom. The maximum Gasteiger partial charge on any atom is 1.00 e. The zero-order valence-electron chi connectivity index (χ0n) is 4.76. The average molecular weight is 172 g/mol. The van der Waals surface area contributed by atoms with Crippen LogP contribution in [0.25, 0.3) is 0 Å². The monoisotopic (exact) mass is 171 g/mol. The Kier molecular flexibility index (Phi) is 11.0. The molecule has 50 valence electrons. The van der Waals surface area contributed by atoms with Gasteiger partial charge in [-0.15, -0.1) is 0 Å². The molecule has 1 nitrogen and oxygen atoms in total. The molecule has 0 amide bonds. The van der Waals surface area contributed by atoms with Crippen LogP contribution < -0.4 is 18.1 Å². The summed E-state index contributed by atoms with van der Waals surface area (Å²) in [6, 6.07) is 0. The van der Waals surface area contributed by atoms with Crippen LogP contribution >= 0.6 is 0 Å². The molecule has 2 N–H and O–H groups in total. The first-order valence-corrected chi connectivity index (χ1v) is 1.79. The second kappa shape index (κ2) is 4.92.